The molecule has 0 spiro atoms. The summed E-state index contributed by atoms with van der Waals surface area (Å²) in [6.45, 7) is 5.19. The normalized spacial score (nSPS) is 22.4. The number of pyridine rings is 1. The van der Waals surface area contributed by atoms with Gasteiger partial charge >= 0.3 is 6.09 Å². The number of hydrogen-bond donors (Lipinski definition) is 1. The third-order valence-electron chi connectivity index (χ3n) is 4.28. The third-order valence-corrected chi connectivity index (χ3v) is 4.28. The fourth-order valence-electron chi connectivity index (χ4n) is 3.07. The van der Waals surface area contributed by atoms with Crippen molar-refractivity contribution in [2.24, 2.45) is 10.9 Å². The summed E-state index contributed by atoms with van der Waals surface area (Å²) in [5.41, 5.74) is -2.54. The molecule has 1 N–H and O–H groups in total. The molecule has 1 aliphatic heterocycles. The van der Waals surface area contributed by atoms with E-state index in [1.807, 2.05) is 0 Å². The Morgan fingerprint density at radius 3 is 2.69 bits per heavy atom. The second-order valence-electron chi connectivity index (χ2n) is 7.94. The van der Waals surface area contributed by atoms with E-state index in [0.717, 1.165) is 12.5 Å². The lowest BCUT2D eigenvalue weighted by Gasteiger charge is -2.40. The second kappa shape index (κ2) is 8.81. The first-order valence-electron chi connectivity index (χ1n) is 9.10. The van der Waals surface area contributed by atoms with Gasteiger partial charge in [0.25, 0.3) is 0 Å². The number of aromatic nitrogens is 1. The monoisotopic (exact) mass is 412 g/mol. The summed E-state index contributed by atoms with van der Waals surface area (Å²) in [7, 11) is 3.14. The molecule has 10 heteroatoms. The van der Waals surface area contributed by atoms with Crippen molar-refractivity contribution in [3.63, 3.8) is 0 Å². The summed E-state index contributed by atoms with van der Waals surface area (Å²) in [5.74, 6) is -2.95. The molecule has 1 saturated heterocycles. The predicted molar refractivity (Wildman–Crippen MR) is 101 cm³/mol. The van der Waals surface area contributed by atoms with Crippen LogP contribution in [-0.4, -0.2) is 61.1 Å². The zero-order valence-electron chi connectivity index (χ0n) is 17.2. The average molecular weight is 412 g/mol. The van der Waals surface area contributed by atoms with E-state index in [0.29, 0.717) is 6.07 Å². The standard InChI is InChI=1S/C19H26F2N4O4/c1-18(2,3)29-17(27)23-11-24-19(15-14(21)8-12(20)9-22-15)10-28-7-6-13(19)16(26)25(4)5/h8-9,11,13H,6-7,10H2,1-5H3,(H,23,24,27). The van der Waals surface area contributed by atoms with Gasteiger partial charge in [-0.3, -0.25) is 20.1 Å². The highest BCUT2D eigenvalue weighted by Crippen LogP contribution is 2.40. The zero-order valence-corrected chi connectivity index (χ0v) is 17.2. The number of carbonyl (C=O) groups is 2. The maximum absolute atomic E-state index is 14.7. The van der Waals surface area contributed by atoms with Crippen molar-refractivity contribution >= 4 is 18.3 Å². The van der Waals surface area contributed by atoms with Gasteiger partial charge in [-0.25, -0.2) is 13.6 Å². The van der Waals surface area contributed by atoms with Gasteiger partial charge in [0.05, 0.1) is 25.1 Å². The molecule has 1 aromatic heterocycles. The first-order chi connectivity index (χ1) is 13.5. The molecule has 2 unspecified atom stereocenters. The Hall–Kier alpha value is -2.62. The Morgan fingerprint density at radius 2 is 2.10 bits per heavy atom. The number of nitrogens with one attached hydrogen (secondary N) is 1. The number of alkyl carbamates (subject to hydrolysis) is 1. The molecule has 0 radical (unpaired) electrons. The summed E-state index contributed by atoms with van der Waals surface area (Å²) in [4.78, 5) is 34.2. The van der Waals surface area contributed by atoms with Crippen molar-refractivity contribution < 1.29 is 27.8 Å². The largest absolute Gasteiger partial charge is 0.444 e. The molecular weight excluding hydrogens is 386 g/mol. The summed E-state index contributed by atoms with van der Waals surface area (Å²) in [6, 6.07) is 0.673. The van der Waals surface area contributed by atoms with Crippen LogP contribution in [0, 0.1) is 17.6 Å². The van der Waals surface area contributed by atoms with Gasteiger partial charge in [-0.05, 0) is 27.2 Å². The lowest BCUT2D eigenvalue weighted by molar-refractivity contribution is -0.141. The lowest BCUT2D eigenvalue weighted by atomic mass is 9.77. The summed E-state index contributed by atoms with van der Waals surface area (Å²) >= 11 is 0. The highest BCUT2D eigenvalue weighted by Gasteiger charge is 2.50. The number of ether oxygens (including phenoxy) is 2. The predicted octanol–water partition coefficient (Wildman–Crippen LogP) is 2.23. The van der Waals surface area contributed by atoms with Gasteiger partial charge in [0.15, 0.2) is 0 Å². The lowest BCUT2D eigenvalue weighted by Crippen LogP contribution is -2.51. The Kier molecular flexibility index (Phi) is 6.89. The van der Waals surface area contributed by atoms with Gasteiger partial charge in [0, 0.05) is 26.8 Å². The van der Waals surface area contributed by atoms with Crippen LogP contribution in [-0.2, 0) is 19.8 Å². The van der Waals surface area contributed by atoms with Crippen molar-refractivity contribution in [3.8, 4) is 0 Å². The molecule has 0 bridgehead atoms. The molecule has 8 nitrogen and oxygen atoms in total. The average Bonchev–Trinajstić information content (AvgIpc) is 2.59. The third kappa shape index (κ3) is 5.47. The van der Waals surface area contributed by atoms with Gasteiger partial charge in [0.2, 0.25) is 5.91 Å². The van der Waals surface area contributed by atoms with Crippen LogP contribution >= 0.6 is 0 Å². The number of carbonyl (C=O) groups excluding carboxylic acids is 2. The molecule has 1 aliphatic rings. The number of rotatable bonds is 4. The molecule has 1 fully saturated rings. The Morgan fingerprint density at radius 1 is 1.41 bits per heavy atom. The van der Waals surface area contributed by atoms with Crippen LogP contribution in [0.2, 0.25) is 0 Å². The minimum absolute atomic E-state index is 0.167. The van der Waals surface area contributed by atoms with Crippen molar-refractivity contribution in [2.75, 3.05) is 27.3 Å². The number of hydrogen-bond acceptors (Lipinski definition) is 6. The Balaban J connectivity index is 2.46. The molecule has 29 heavy (non-hydrogen) atoms. The smallest absolute Gasteiger partial charge is 0.412 e. The van der Waals surface area contributed by atoms with Gasteiger partial charge in [-0.2, -0.15) is 0 Å². The van der Waals surface area contributed by atoms with E-state index in [-0.39, 0.29) is 31.2 Å². The first-order valence-corrected chi connectivity index (χ1v) is 9.10. The summed E-state index contributed by atoms with van der Waals surface area (Å²) in [5, 5.41) is 2.34. The Labute approximate surface area is 168 Å². The van der Waals surface area contributed by atoms with E-state index in [4.69, 9.17) is 9.47 Å². The van der Waals surface area contributed by atoms with E-state index in [2.05, 4.69) is 15.3 Å². The molecule has 2 rings (SSSR count). The van der Waals surface area contributed by atoms with Crippen molar-refractivity contribution in [3.05, 3.63) is 29.6 Å². The molecule has 2 heterocycles. The van der Waals surface area contributed by atoms with Crippen molar-refractivity contribution in [1.29, 1.82) is 0 Å². The van der Waals surface area contributed by atoms with Crippen molar-refractivity contribution in [2.45, 2.75) is 38.3 Å². The fourth-order valence-corrected chi connectivity index (χ4v) is 3.07. The molecule has 0 aromatic carbocycles. The molecule has 0 saturated carbocycles. The van der Waals surface area contributed by atoms with Crippen LogP contribution in [0.5, 0.6) is 0 Å². The van der Waals surface area contributed by atoms with Crippen LogP contribution in [0.1, 0.15) is 32.9 Å². The zero-order chi connectivity index (χ0) is 21.8. The first kappa shape index (κ1) is 22.7. The maximum Gasteiger partial charge on any atom is 0.412 e. The van der Waals surface area contributed by atoms with E-state index >= 15 is 0 Å². The number of aliphatic imine (C=N–C) groups is 1. The van der Waals surface area contributed by atoms with E-state index in [1.54, 1.807) is 34.9 Å². The second-order valence-corrected chi connectivity index (χ2v) is 7.94. The van der Waals surface area contributed by atoms with Gasteiger partial charge < -0.3 is 14.4 Å². The van der Waals surface area contributed by atoms with Gasteiger partial charge in [0.1, 0.15) is 28.5 Å². The highest BCUT2D eigenvalue weighted by atomic mass is 19.1. The minimum atomic E-state index is -1.58. The number of amides is 2. The fraction of sp³-hybridized carbons (Fsp3) is 0.579. The molecule has 160 valence electrons. The van der Waals surface area contributed by atoms with Crippen LogP contribution in [0.3, 0.4) is 0 Å². The molecule has 2 atom stereocenters. The van der Waals surface area contributed by atoms with Crippen LogP contribution in [0.15, 0.2) is 17.3 Å². The molecule has 0 aliphatic carbocycles. The molecular formula is C19H26F2N4O4. The SMILES string of the molecule is CN(C)C(=O)C1CCOCC1(N=CNC(=O)OC(C)(C)C)c1ncc(F)cc1F. The minimum Gasteiger partial charge on any atom is -0.444 e. The molecule has 2 amide bonds. The summed E-state index contributed by atoms with van der Waals surface area (Å²) in [6.07, 6.45) is 1.36. The van der Waals surface area contributed by atoms with Crippen molar-refractivity contribution in [1.82, 2.24) is 15.2 Å². The quantitative estimate of drug-likeness (QED) is 0.605. The number of nitrogens with zero attached hydrogens (tertiary/aromatic N) is 3. The van der Waals surface area contributed by atoms with E-state index < -0.39 is 34.8 Å². The van der Waals surface area contributed by atoms with Gasteiger partial charge in [-0.15, -0.1) is 0 Å². The number of halogens is 2. The van der Waals surface area contributed by atoms with E-state index in [1.165, 1.54) is 4.90 Å². The Bertz CT molecular complexity index is 795. The van der Waals surface area contributed by atoms with Crippen LogP contribution < -0.4 is 5.32 Å². The molecule has 1 aromatic rings. The van der Waals surface area contributed by atoms with Crippen LogP contribution in [0.4, 0.5) is 13.6 Å². The van der Waals surface area contributed by atoms with E-state index in [9.17, 15) is 18.4 Å². The maximum atomic E-state index is 14.7. The topological polar surface area (TPSA) is 93.1 Å². The highest BCUT2D eigenvalue weighted by molar-refractivity contribution is 5.84. The van der Waals surface area contributed by atoms with Crippen LogP contribution in [0.25, 0.3) is 0 Å². The summed E-state index contributed by atoms with van der Waals surface area (Å²) < 4.78 is 38.7. The van der Waals surface area contributed by atoms with Gasteiger partial charge in [-0.1, -0.05) is 0 Å².